The third kappa shape index (κ3) is 1.18. The highest BCUT2D eigenvalue weighted by atomic mass is 19.1. The van der Waals surface area contributed by atoms with Crippen molar-refractivity contribution in [2.45, 2.75) is 26.7 Å². The highest BCUT2D eigenvalue weighted by molar-refractivity contribution is 5.45. The highest BCUT2D eigenvalue weighted by Gasteiger charge is 2.13. The predicted molar refractivity (Wildman–Crippen MR) is 51.8 cm³/mol. The second-order valence-electron chi connectivity index (χ2n) is 3.71. The Morgan fingerprint density at radius 3 is 2.79 bits per heavy atom. The highest BCUT2D eigenvalue weighted by Crippen LogP contribution is 2.22. The topological polar surface area (TPSA) is 30.2 Å². The van der Waals surface area contributed by atoms with E-state index in [9.17, 15) is 4.39 Å². The number of rotatable bonds is 1. The molecule has 0 radical (unpaired) electrons. The molecule has 4 heteroatoms. The van der Waals surface area contributed by atoms with Crippen LogP contribution in [0.3, 0.4) is 0 Å². The van der Waals surface area contributed by atoms with E-state index in [0.29, 0.717) is 11.2 Å². The number of nitrogens with zero attached hydrogens (tertiary/aromatic N) is 3. The molecule has 0 amide bonds. The fourth-order valence-corrected chi connectivity index (χ4v) is 1.61. The smallest absolute Gasteiger partial charge is 0.191 e. The van der Waals surface area contributed by atoms with E-state index in [1.54, 1.807) is 6.92 Å². The molecule has 2 rings (SSSR count). The Kier molecular flexibility index (Phi) is 1.98. The molecule has 2 aromatic rings. The van der Waals surface area contributed by atoms with E-state index in [1.807, 2.05) is 20.0 Å². The van der Waals surface area contributed by atoms with Crippen LogP contribution in [0.25, 0.3) is 5.65 Å². The van der Waals surface area contributed by atoms with Gasteiger partial charge in [0.25, 0.3) is 0 Å². The minimum atomic E-state index is -0.270. The van der Waals surface area contributed by atoms with E-state index in [1.165, 1.54) is 10.8 Å². The summed E-state index contributed by atoms with van der Waals surface area (Å²) in [6, 6.07) is 0. The fraction of sp³-hybridized carbons (Fsp3) is 0.400. The Morgan fingerprint density at radius 2 is 2.14 bits per heavy atom. The molecule has 2 aromatic heterocycles. The molecule has 0 aromatic carbocycles. The summed E-state index contributed by atoms with van der Waals surface area (Å²) in [6.45, 7) is 5.84. The second kappa shape index (κ2) is 3.04. The minimum Gasteiger partial charge on any atom is -0.218 e. The summed E-state index contributed by atoms with van der Waals surface area (Å²) in [5, 5.41) is 3.93. The van der Waals surface area contributed by atoms with Crippen LogP contribution in [0.2, 0.25) is 0 Å². The van der Waals surface area contributed by atoms with Gasteiger partial charge in [-0.2, -0.15) is 5.10 Å². The van der Waals surface area contributed by atoms with Gasteiger partial charge in [-0.15, -0.1) is 0 Å². The predicted octanol–water partition coefficient (Wildman–Crippen LogP) is 2.30. The Bertz CT molecular complexity index is 473. The van der Waals surface area contributed by atoms with Crippen LogP contribution in [0, 0.1) is 12.7 Å². The lowest BCUT2D eigenvalue weighted by Crippen LogP contribution is -2.01. The van der Waals surface area contributed by atoms with E-state index in [4.69, 9.17) is 0 Å². The van der Waals surface area contributed by atoms with Crippen molar-refractivity contribution in [2.75, 3.05) is 0 Å². The molecule has 0 N–H and O–H groups in total. The van der Waals surface area contributed by atoms with Gasteiger partial charge in [0.1, 0.15) is 6.33 Å². The van der Waals surface area contributed by atoms with Crippen LogP contribution in [0.15, 0.2) is 12.5 Å². The van der Waals surface area contributed by atoms with E-state index in [-0.39, 0.29) is 11.7 Å². The number of pyridine rings is 1. The SMILES string of the molecule is Cc1c(C(C)C)cn2ncnc2c1F. The molecule has 0 saturated carbocycles. The van der Waals surface area contributed by atoms with Gasteiger partial charge in [0.2, 0.25) is 0 Å². The second-order valence-corrected chi connectivity index (χ2v) is 3.71. The first-order valence-electron chi connectivity index (χ1n) is 4.59. The standard InChI is InChI=1S/C10H12FN3/c1-6(2)8-4-14-10(12-5-13-14)9(11)7(8)3/h4-6H,1-3H3. The van der Waals surface area contributed by atoms with Crippen LogP contribution in [-0.2, 0) is 0 Å². The normalized spacial score (nSPS) is 11.5. The van der Waals surface area contributed by atoms with Crippen molar-refractivity contribution in [3.05, 3.63) is 29.5 Å². The van der Waals surface area contributed by atoms with E-state index >= 15 is 0 Å². The third-order valence-corrected chi connectivity index (χ3v) is 2.42. The molecule has 3 nitrogen and oxygen atoms in total. The first-order chi connectivity index (χ1) is 6.61. The minimum absolute atomic E-state index is 0.270. The van der Waals surface area contributed by atoms with Gasteiger partial charge in [-0.1, -0.05) is 13.8 Å². The van der Waals surface area contributed by atoms with E-state index in [2.05, 4.69) is 10.1 Å². The van der Waals surface area contributed by atoms with Crippen molar-refractivity contribution in [1.82, 2.24) is 14.6 Å². The van der Waals surface area contributed by atoms with Gasteiger partial charge >= 0.3 is 0 Å². The fourth-order valence-electron chi connectivity index (χ4n) is 1.61. The van der Waals surface area contributed by atoms with Gasteiger partial charge in [0, 0.05) is 6.20 Å². The van der Waals surface area contributed by atoms with Crippen molar-refractivity contribution < 1.29 is 4.39 Å². The lowest BCUT2D eigenvalue weighted by Gasteiger charge is -2.10. The molecule has 0 atom stereocenters. The molecular weight excluding hydrogens is 181 g/mol. The van der Waals surface area contributed by atoms with Crippen LogP contribution in [0.4, 0.5) is 4.39 Å². The Hall–Kier alpha value is -1.45. The summed E-state index contributed by atoms with van der Waals surface area (Å²) in [4.78, 5) is 3.86. The lowest BCUT2D eigenvalue weighted by molar-refractivity contribution is 0.610. The quantitative estimate of drug-likeness (QED) is 0.695. The van der Waals surface area contributed by atoms with Gasteiger partial charge < -0.3 is 0 Å². The Morgan fingerprint density at radius 1 is 1.43 bits per heavy atom. The van der Waals surface area contributed by atoms with Gasteiger partial charge in [-0.3, -0.25) is 0 Å². The molecule has 0 aliphatic heterocycles. The summed E-state index contributed by atoms with van der Waals surface area (Å²) in [6.07, 6.45) is 3.20. The molecule has 0 aliphatic carbocycles. The average Bonchev–Trinajstić information content (AvgIpc) is 2.58. The number of aromatic nitrogens is 3. The lowest BCUT2D eigenvalue weighted by atomic mass is 10.0. The molecule has 0 saturated heterocycles. The molecule has 14 heavy (non-hydrogen) atoms. The third-order valence-electron chi connectivity index (χ3n) is 2.42. The molecule has 2 heterocycles. The summed E-state index contributed by atoms with van der Waals surface area (Å²) in [7, 11) is 0. The van der Waals surface area contributed by atoms with Crippen molar-refractivity contribution >= 4 is 5.65 Å². The van der Waals surface area contributed by atoms with Gasteiger partial charge in [-0.05, 0) is 24.0 Å². The summed E-state index contributed by atoms with van der Waals surface area (Å²) in [5.74, 6) is 0.0202. The average molecular weight is 193 g/mol. The monoisotopic (exact) mass is 193 g/mol. The van der Waals surface area contributed by atoms with Crippen LogP contribution in [-0.4, -0.2) is 14.6 Å². The van der Waals surface area contributed by atoms with Crippen molar-refractivity contribution in [1.29, 1.82) is 0 Å². The van der Waals surface area contributed by atoms with Crippen molar-refractivity contribution in [3.8, 4) is 0 Å². The number of halogens is 1. The zero-order valence-electron chi connectivity index (χ0n) is 8.45. The van der Waals surface area contributed by atoms with Crippen LogP contribution >= 0.6 is 0 Å². The van der Waals surface area contributed by atoms with Gasteiger partial charge in [0.15, 0.2) is 11.5 Å². The number of hydrogen-bond donors (Lipinski definition) is 0. The summed E-state index contributed by atoms with van der Waals surface area (Å²) < 4.78 is 15.2. The van der Waals surface area contributed by atoms with Gasteiger partial charge in [-0.25, -0.2) is 13.9 Å². The van der Waals surface area contributed by atoms with Crippen LogP contribution in [0.5, 0.6) is 0 Å². The number of fused-ring (bicyclic) bond motifs is 1. The largest absolute Gasteiger partial charge is 0.218 e. The number of hydrogen-bond acceptors (Lipinski definition) is 2. The van der Waals surface area contributed by atoms with E-state index in [0.717, 1.165) is 5.56 Å². The van der Waals surface area contributed by atoms with E-state index < -0.39 is 0 Å². The molecule has 74 valence electrons. The first-order valence-corrected chi connectivity index (χ1v) is 4.59. The molecule has 0 bridgehead atoms. The van der Waals surface area contributed by atoms with Crippen LogP contribution in [0.1, 0.15) is 30.9 Å². The summed E-state index contributed by atoms with van der Waals surface area (Å²) in [5.41, 5.74) is 1.94. The molecular formula is C10H12FN3. The zero-order valence-corrected chi connectivity index (χ0v) is 8.45. The Labute approximate surface area is 81.6 Å². The molecule has 0 unspecified atom stereocenters. The molecule has 0 fully saturated rings. The first kappa shape index (κ1) is 9.12. The van der Waals surface area contributed by atoms with Crippen LogP contribution < -0.4 is 0 Å². The maximum absolute atomic E-state index is 13.7. The maximum atomic E-state index is 13.7. The Balaban J connectivity index is 2.80. The maximum Gasteiger partial charge on any atom is 0.191 e. The van der Waals surface area contributed by atoms with Gasteiger partial charge in [0.05, 0.1) is 0 Å². The summed E-state index contributed by atoms with van der Waals surface area (Å²) >= 11 is 0. The molecule has 0 spiro atoms. The van der Waals surface area contributed by atoms with Crippen molar-refractivity contribution in [3.63, 3.8) is 0 Å². The van der Waals surface area contributed by atoms with Crippen molar-refractivity contribution in [2.24, 2.45) is 0 Å². The zero-order chi connectivity index (χ0) is 10.3. The molecule has 0 aliphatic rings.